The summed E-state index contributed by atoms with van der Waals surface area (Å²) < 4.78 is 5.64. The third-order valence-electron chi connectivity index (χ3n) is 3.93. The number of anilines is 1. The molecule has 1 heterocycles. The van der Waals surface area contributed by atoms with Crippen molar-refractivity contribution in [2.24, 2.45) is 0 Å². The lowest BCUT2D eigenvalue weighted by atomic mass is 10.0. The van der Waals surface area contributed by atoms with Crippen LogP contribution in [0.25, 0.3) is 0 Å². The van der Waals surface area contributed by atoms with E-state index in [1.807, 2.05) is 0 Å². The zero-order chi connectivity index (χ0) is 16.7. The molecule has 0 spiro atoms. The van der Waals surface area contributed by atoms with Crippen LogP contribution >= 0.6 is 0 Å². The Balaban J connectivity index is 1.71. The van der Waals surface area contributed by atoms with E-state index in [-0.39, 0.29) is 11.7 Å². The van der Waals surface area contributed by atoms with Crippen molar-refractivity contribution in [3.8, 4) is 0 Å². The van der Waals surface area contributed by atoms with Gasteiger partial charge in [-0.2, -0.15) is 0 Å². The number of carbonyl (C=O) groups is 1. The van der Waals surface area contributed by atoms with Crippen molar-refractivity contribution in [2.45, 2.75) is 45.1 Å². The summed E-state index contributed by atoms with van der Waals surface area (Å²) >= 11 is 0. The van der Waals surface area contributed by atoms with Crippen molar-refractivity contribution < 1.29 is 14.5 Å². The van der Waals surface area contributed by atoms with Gasteiger partial charge >= 0.3 is 6.03 Å². The molecule has 1 aromatic rings. The molecule has 1 aromatic carbocycles. The summed E-state index contributed by atoms with van der Waals surface area (Å²) in [6, 6.07) is 4.06. The predicted octanol–water partition coefficient (Wildman–Crippen LogP) is 3.37. The molecule has 0 saturated carbocycles. The van der Waals surface area contributed by atoms with Crippen LogP contribution in [-0.4, -0.2) is 30.2 Å². The third-order valence-corrected chi connectivity index (χ3v) is 3.93. The number of nitro benzene ring substituents is 1. The highest BCUT2D eigenvalue weighted by Gasteiger charge is 2.13. The average molecular weight is 321 g/mol. The van der Waals surface area contributed by atoms with E-state index in [1.54, 1.807) is 13.0 Å². The number of urea groups is 1. The van der Waals surface area contributed by atoms with E-state index < -0.39 is 4.92 Å². The summed E-state index contributed by atoms with van der Waals surface area (Å²) in [6.45, 7) is 3.15. The van der Waals surface area contributed by atoms with Crippen LogP contribution in [0.15, 0.2) is 18.2 Å². The molecule has 7 nitrogen and oxygen atoms in total. The van der Waals surface area contributed by atoms with Gasteiger partial charge in [0, 0.05) is 31.0 Å². The van der Waals surface area contributed by atoms with Gasteiger partial charge in [-0.15, -0.1) is 0 Å². The van der Waals surface area contributed by atoms with E-state index >= 15 is 0 Å². The monoisotopic (exact) mass is 321 g/mol. The summed E-state index contributed by atoms with van der Waals surface area (Å²) in [5.74, 6) is 0. The number of hydrogen-bond acceptors (Lipinski definition) is 4. The minimum atomic E-state index is -0.454. The zero-order valence-electron chi connectivity index (χ0n) is 13.3. The summed E-state index contributed by atoms with van der Waals surface area (Å²) in [6.07, 6.45) is 5.62. The first-order valence-corrected chi connectivity index (χ1v) is 7.98. The Hall–Kier alpha value is -2.15. The fraction of sp³-hybridized carbons (Fsp3) is 0.562. The van der Waals surface area contributed by atoms with Crippen molar-refractivity contribution >= 4 is 17.4 Å². The molecule has 1 fully saturated rings. The SMILES string of the molecule is Cc1cc([N+](=O)[O-])ccc1NC(=O)NCCC[C@H]1CCCCO1. The second kappa shape index (κ2) is 8.47. The van der Waals surface area contributed by atoms with Crippen molar-refractivity contribution in [3.05, 3.63) is 33.9 Å². The normalized spacial score (nSPS) is 17.5. The summed E-state index contributed by atoms with van der Waals surface area (Å²) in [7, 11) is 0. The number of rotatable bonds is 6. The van der Waals surface area contributed by atoms with Crippen LogP contribution < -0.4 is 10.6 Å². The Labute approximate surface area is 135 Å². The maximum Gasteiger partial charge on any atom is 0.319 e. The van der Waals surface area contributed by atoms with Gasteiger partial charge in [0.25, 0.3) is 5.69 Å². The maximum atomic E-state index is 11.8. The largest absolute Gasteiger partial charge is 0.378 e. The molecule has 1 saturated heterocycles. The Morgan fingerprint density at radius 2 is 2.26 bits per heavy atom. The van der Waals surface area contributed by atoms with Crippen LogP contribution in [0, 0.1) is 17.0 Å². The van der Waals surface area contributed by atoms with Crippen molar-refractivity contribution in [2.75, 3.05) is 18.5 Å². The summed E-state index contributed by atoms with van der Waals surface area (Å²) in [5, 5.41) is 16.2. The second-order valence-electron chi connectivity index (χ2n) is 5.77. The molecule has 0 bridgehead atoms. The molecule has 2 N–H and O–H groups in total. The van der Waals surface area contributed by atoms with Crippen molar-refractivity contribution in [1.29, 1.82) is 0 Å². The number of benzene rings is 1. The lowest BCUT2D eigenvalue weighted by Gasteiger charge is -2.22. The number of aryl methyl sites for hydroxylation is 1. The summed E-state index contributed by atoms with van der Waals surface area (Å²) in [4.78, 5) is 22.1. The highest BCUT2D eigenvalue weighted by molar-refractivity contribution is 5.90. The van der Waals surface area contributed by atoms with Gasteiger partial charge in [0.1, 0.15) is 0 Å². The lowest BCUT2D eigenvalue weighted by Crippen LogP contribution is -2.30. The van der Waals surface area contributed by atoms with Crippen molar-refractivity contribution in [3.63, 3.8) is 0 Å². The molecule has 0 aromatic heterocycles. The predicted molar refractivity (Wildman–Crippen MR) is 87.7 cm³/mol. The number of non-ortho nitro benzene ring substituents is 1. The van der Waals surface area contributed by atoms with Gasteiger partial charge in [-0.25, -0.2) is 4.79 Å². The first kappa shape index (κ1) is 17.2. The second-order valence-corrected chi connectivity index (χ2v) is 5.77. The Morgan fingerprint density at radius 1 is 1.43 bits per heavy atom. The van der Waals surface area contributed by atoms with E-state index in [9.17, 15) is 14.9 Å². The van der Waals surface area contributed by atoms with Gasteiger partial charge in [0.15, 0.2) is 0 Å². The molecule has 0 radical (unpaired) electrons. The van der Waals surface area contributed by atoms with Crippen LogP contribution in [0.1, 0.15) is 37.7 Å². The molecular formula is C16H23N3O4. The Bertz CT molecular complexity index is 556. The van der Waals surface area contributed by atoms with E-state index in [0.717, 1.165) is 32.3 Å². The highest BCUT2D eigenvalue weighted by atomic mass is 16.6. The number of nitro groups is 1. The van der Waals surface area contributed by atoms with E-state index in [2.05, 4.69) is 10.6 Å². The van der Waals surface area contributed by atoms with Crippen LogP contribution in [-0.2, 0) is 4.74 Å². The number of nitrogens with one attached hydrogen (secondary N) is 2. The van der Waals surface area contributed by atoms with Crippen LogP contribution in [0.3, 0.4) is 0 Å². The molecule has 23 heavy (non-hydrogen) atoms. The molecule has 1 atom stereocenters. The minimum absolute atomic E-state index is 0.0148. The molecule has 126 valence electrons. The number of carbonyl (C=O) groups excluding carboxylic acids is 1. The van der Waals surface area contributed by atoms with Gasteiger partial charge in [0.2, 0.25) is 0 Å². The fourth-order valence-corrected chi connectivity index (χ4v) is 2.63. The third kappa shape index (κ3) is 5.52. The zero-order valence-corrected chi connectivity index (χ0v) is 13.3. The summed E-state index contributed by atoms with van der Waals surface area (Å²) in [5.41, 5.74) is 1.25. The van der Waals surface area contributed by atoms with Gasteiger partial charge in [-0.3, -0.25) is 10.1 Å². The first-order valence-electron chi connectivity index (χ1n) is 7.98. The van der Waals surface area contributed by atoms with Gasteiger partial charge < -0.3 is 15.4 Å². The topological polar surface area (TPSA) is 93.5 Å². The van der Waals surface area contributed by atoms with E-state index in [1.165, 1.54) is 18.6 Å². The van der Waals surface area contributed by atoms with E-state index in [4.69, 9.17) is 4.74 Å². The number of nitrogens with zero attached hydrogens (tertiary/aromatic N) is 1. The smallest absolute Gasteiger partial charge is 0.319 e. The van der Waals surface area contributed by atoms with Crippen LogP contribution in [0.5, 0.6) is 0 Å². The van der Waals surface area contributed by atoms with Crippen molar-refractivity contribution in [1.82, 2.24) is 5.32 Å². The molecular weight excluding hydrogens is 298 g/mol. The molecule has 1 aliphatic heterocycles. The number of amides is 2. The molecule has 7 heteroatoms. The van der Waals surface area contributed by atoms with Gasteiger partial charge in [-0.05, 0) is 50.7 Å². The number of hydrogen-bond donors (Lipinski definition) is 2. The Kier molecular flexibility index (Phi) is 6.34. The maximum absolute atomic E-state index is 11.8. The van der Waals surface area contributed by atoms with Gasteiger partial charge in [-0.1, -0.05) is 0 Å². The molecule has 0 aliphatic carbocycles. The van der Waals surface area contributed by atoms with Gasteiger partial charge in [0.05, 0.1) is 11.0 Å². The molecule has 2 rings (SSSR count). The van der Waals surface area contributed by atoms with E-state index in [0.29, 0.717) is 23.9 Å². The van der Waals surface area contributed by atoms with Crippen LogP contribution in [0.4, 0.5) is 16.2 Å². The first-order chi connectivity index (χ1) is 11.1. The fourth-order valence-electron chi connectivity index (χ4n) is 2.63. The number of ether oxygens (including phenoxy) is 1. The average Bonchev–Trinajstić information content (AvgIpc) is 2.54. The molecule has 1 aliphatic rings. The molecule has 0 unspecified atom stereocenters. The quantitative estimate of drug-likeness (QED) is 0.477. The standard InChI is InChI=1S/C16H23N3O4/c1-12-11-13(19(21)22)7-8-15(12)18-16(20)17-9-4-6-14-5-2-3-10-23-14/h7-8,11,14H,2-6,9-10H2,1H3,(H2,17,18,20)/t14-/m1/s1. The highest BCUT2D eigenvalue weighted by Crippen LogP contribution is 2.21. The Morgan fingerprint density at radius 3 is 2.91 bits per heavy atom. The van der Waals surface area contributed by atoms with Crippen LogP contribution in [0.2, 0.25) is 0 Å². The lowest BCUT2D eigenvalue weighted by molar-refractivity contribution is -0.384. The molecule has 2 amide bonds. The minimum Gasteiger partial charge on any atom is -0.378 e.